The second-order valence-corrected chi connectivity index (χ2v) is 6.41. The maximum Gasteiger partial charge on any atom is 0.410 e. The van der Waals surface area contributed by atoms with Gasteiger partial charge in [-0.05, 0) is 42.7 Å². The van der Waals surface area contributed by atoms with Crippen molar-refractivity contribution in [2.45, 2.75) is 39.6 Å². The molecular formula is C17H20ClN3O3. The summed E-state index contributed by atoms with van der Waals surface area (Å²) in [7, 11) is 0. The van der Waals surface area contributed by atoms with Crippen molar-refractivity contribution in [3.05, 3.63) is 51.8 Å². The molecule has 0 radical (unpaired) electrons. The van der Waals surface area contributed by atoms with Crippen molar-refractivity contribution < 1.29 is 14.6 Å². The lowest BCUT2D eigenvalue weighted by atomic mass is 10.1. The summed E-state index contributed by atoms with van der Waals surface area (Å²) in [4.78, 5) is 14.0. The number of hydrogen-bond acceptors (Lipinski definition) is 4. The second-order valence-electron chi connectivity index (χ2n) is 5.97. The van der Waals surface area contributed by atoms with Crippen LogP contribution in [0.15, 0.2) is 24.3 Å². The van der Waals surface area contributed by atoms with Gasteiger partial charge in [0.05, 0.1) is 24.5 Å². The van der Waals surface area contributed by atoms with E-state index < -0.39 is 0 Å². The van der Waals surface area contributed by atoms with Crippen molar-refractivity contribution in [2.24, 2.45) is 0 Å². The third-order valence-electron chi connectivity index (χ3n) is 3.95. The van der Waals surface area contributed by atoms with E-state index in [0.717, 1.165) is 29.8 Å². The predicted molar refractivity (Wildman–Crippen MR) is 89.6 cm³/mol. The fourth-order valence-electron chi connectivity index (χ4n) is 2.89. The molecule has 7 heteroatoms. The van der Waals surface area contributed by atoms with Gasteiger partial charge in [0.15, 0.2) is 0 Å². The van der Waals surface area contributed by atoms with Gasteiger partial charge < -0.3 is 14.7 Å². The Labute approximate surface area is 145 Å². The molecule has 1 N–H and O–H groups in total. The van der Waals surface area contributed by atoms with Gasteiger partial charge in [0.25, 0.3) is 0 Å². The molecule has 24 heavy (non-hydrogen) atoms. The molecule has 0 unspecified atom stereocenters. The number of halogens is 1. The highest BCUT2D eigenvalue weighted by Gasteiger charge is 2.21. The summed E-state index contributed by atoms with van der Waals surface area (Å²) in [5, 5.41) is 14.1. The first-order chi connectivity index (χ1) is 11.5. The van der Waals surface area contributed by atoms with E-state index in [1.54, 1.807) is 11.0 Å². The topological polar surface area (TPSA) is 67.6 Å². The largest absolute Gasteiger partial charge is 0.445 e. The van der Waals surface area contributed by atoms with E-state index in [2.05, 4.69) is 5.10 Å². The molecule has 0 saturated heterocycles. The monoisotopic (exact) mass is 349 g/mol. The van der Waals surface area contributed by atoms with Gasteiger partial charge in [0, 0.05) is 18.1 Å². The van der Waals surface area contributed by atoms with Crippen molar-refractivity contribution in [3.8, 4) is 0 Å². The number of benzene rings is 1. The number of carbonyl (C=O) groups excluding carboxylic acids is 1. The minimum atomic E-state index is -0.354. The Morgan fingerprint density at radius 3 is 2.92 bits per heavy atom. The molecule has 0 atom stereocenters. The van der Waals surface area contributed by atoms with Gasteiger partial charge in [-0.2, -0.15) is 5.10 Å². The molecule has 2 aromatic rings. The summed E-state index contributed by atoms with van der Waals surface area (Å²) in [6.45, 7) is 3.82. The molecule has 0 saturated carbocycles. The lowest BCUT2D eigenvalue weighted by Crippen LogP contribution is -2.31. The number of nitrogens with zero attached hydrogens (tertiary/aromatic N) is 3. The molecule has 0 aliphatic carbocycles. The highest BCUT2D eigenvalue weighted by molar-refractivity contribution is 6.30. The van der Waals surface area contributed by atoms with Gasteiger partial charge in [0.1, 0.15) is 6.61 Å². The summed E-state index contributed by atoms with van der Waals surface area (Å²) in [5.41, 5.74) is 3.43. The number of rotatable bonds is 3. The Kier molecular flexibility index (Phi) is 5.06. The second kappa shape index (κ2) is 7.23. The summed E-state index contributed by atoms with van der Waals surface area (Å²) >= 11 is 6.03. The molecule has 0 fully saturated rings. The summed E-state index contributed by atoms with van der Waals surface area (Å²) in [6.07, 6.45) is 0.443. The van der Waals surface area contributed by atoms with Crippen LogP contribution in [0.25, 0.3) is 0 Å². The van der Waals surface area contributed by atoms with E-state index in [1.807, 2.05) is 29.8 Å². The molecule has 2 heterocycles. The number of aryl methyl sites for hydroxylation is 2. The number of aliphatic hydroxyl groups is 1. The number of aromatic nitrogens is 2. The highest BCUT2D eigenvalue weighted by Crippen LogP contribution is 2.17. The van der Waals surface area contributed by atoms with Crippen LogP contribution in [-0.4, -0.2) is 32.4 Å². The van der Waals surface area contributed by atoms with Crippen molar-refractivity contribution in [1.29, 1.82) is 0 Å². The first-order valence-electron chi connectivity index (χ1n) is 7.89. The molecule has 0 bridgehead atoms. The minimum Gasteiger partial charge on any atom is -0.445 e. The molecular weight excluding hydrogens is 330 g/mol. The molecule has 1 aliphatic rings. The Balaban J connectivity index is 1.64. The Morgan fingerprint density at radius 1 is 1.33 bits per heavy atom. The van der Waals surface area contributed by atoms with Crippen LogP contribution in [0.3, 0.4) is 0 Å². The average Bonchev–Trinajstić information content (AvgIpc) is 2.82. The molecule has 0 spiro atoms. The standard InChI is InChI=1S/C17H20ClN3O3/c1-12-5-13(7-14(18)6-12)11-24-17(23)20-3-2-4-21-16(9-20)8-15(10-22)19-21/h5-8,22H,2-4,9-11H2,1H3. The van der Waals surface area contributed by atoms with Crippen LogP contribution in [0, 0.1) is 6.92 Å². The van der Waals surface area contributed by atoms with Gasteiger partial charge in [-0.3, -0.25) is 4.68 Å². The molecule has 128 valence electrons. The van der Waals surface area contributed by atoms with Crippen LogP contribution in [0.1, 0.15) is 28.9 Å². The molecule has 6 nitrogen and oxygen atoms in total. The summed E-state index contributed by atoms with van der Waals surface area (Å²) < 4.78 is 7.28. The Hall–Kier alpha value is -2.05. The zero-order valence-corrected chi connectivity index (χ0v) is 14.3. The molecule has 1 aromatic carbocycles. The normalized spacial score (nSPS) is 14.2. The molecule has 1 amide bonds. The van der Waals surface area contributed by atoms with Crippen LogP contribution in [0.4, 0.5) is 4.79 Å². The average molecular weight is 350 g/mol. The third kappa shape index (κ3) is 3.88. The fraction of sp³-hybridized carbons (Fsp3) is 0.412. The zero-order chi connectivity index (χ0) is 17.1. The molecule has 1 aliphatic heterocycles. The van der Waals surface area contributed by atoms with Crippen LogP contribution >= 0.6 is 11.6 Å². The van der Waals surface area contributed by atoms with Gasteiger partial charge in [-0.25, -0.2) is 4.79 Å². The first kappa shape index (κ1) is 16.8. The van der Waals surface area contributed by atoms with E-state index in [0.29, 0.717) is 23.8 Å². The number of carbonyl (C=O) groups is 1. The van der Waals surface area contributed by atoms with Crippen LogP contribution in [0.5, 0.6) is 0 Å². The van der Waals surface area contributed by atoms with E-state index in [4.69, 9.17) is 16.3 Å². The van der Waals surface area contributed by atoms with Gasteiger partial charge in [-0.1, -0.05) is 17.7 Å². The fourth-order valence-corrected chi connectivity index (χ4v) is 3.20. The summed E-state index contributed by atoms with van der Waals surface area (Å²) in [6, 6.07) is 7.44. The highest BCUT2D eigenvalue weighted by atomic mass is 35.5. The number of amides is 1. The van der Waals surface area contributed by atoms with Crippen molar-refractivity contribution >= 4 is 17.7 Å². The lowest BCUT2D eigenvalue weighted by Gasteiger charge is -2.19. The van der Waals surface area contributed by atoms with Crippen molar-refractivity contribution in [3.63, 3.8) is 0 Å². The summed E-state index contributed by atoms with van der Waals surface area (Å²) in [5.74, 6) is 0. The van der Waals surface area contributed by atoms with Crippen LogP contribution in [-0.2, 0) is 31.0 Å². The zero-order valence-electron chi connectivity index (χ0n) is 13.5. The minimum absolute atomic E-state index is 0.0986. The number of fused-ring (bicyclic) bond motifs is 1. The van der Waals surface area contributed by atoms with E-state index in [1.165, 1.54) is 0 Å². The Bertz CT molecular complexity index is 724. The van der Waals surface area contributed by atoms with E-state index >= 15 is 0 Å². The van der Waals surface area contributed by atoms with Gasteiger partial charge in [-0.15, -0.1) is 0 Å². The lowest BCUT2D eigenvalue weighted by molar-refractivity contribution is 0.0942. The third-order valence-corrected chi connectivity index (χ3v) is 4.17. The van der Waals surface area contributed by atoms with E-state index in [-0.39, 0.29) is 19.3 Å². The molecule has 1 aromatic heterocycles. The number of ether oxygens (including phenoxy) is 1. The SMILES string of the molecule is Cc1cc(Cl)cc(COC(=O)N2CCCn3nc(CO)cc3C2)c1. The maximum atomic E-state index is 12.4. The van der Waals surface area contributed by atoms with Crippen molar-refractivity contribution in [2.75, 3.05) is 6.54 Å². The predicted octanol–water partition coefficient (Wildman–Crippen LogP) is 2.88. The van der Waals surface area contributed by atoms with Gasteiger partial charge >= 0.3 is 6.09 Å². The first-order valence-corrected chi connectivity index (χ1v) is 8.27. The molecule has 3 rings (SSSR count). The smallest absolute Gasteiger partial charge is 0.410 e. The Morgan fingerprint density at radius 2 is 2.17 bits per heavy atom. The van der Waals surface area contributed by atoms with Crippen molar-refractivity contribution in [1.82, 2.24) is 14.7 Å². The van der Waals surface area contributed by atoms with Crippen LogP contribution < -0.4 is 0 Å². The maximum absolute atomic E-state index is 12.4. The van der Waals surface area contributed by atoms with E-state index in [9.17, 15) is 9.90 Å². The quantitative estimate of drug-likeness (QED) is 0.925. The number of aliphatic hydroxyl groups excluding tert-OH is 1. The van der Waals surface area contributed by atoms with Gasteiger partial charge in [0.2, 0.25) is 0 Å². The number of hydrogen-bond donors (Lipinski definition) is 1. The van der Waals surface area contributed by atoms with Crippen LogP contribution in [0.2, 0.25) is 5.02 Å².